The van der Waals surface area contributed by atoms with Crippen LogP contribution in [-0.2, 0) is 14.3 Å². The van der Waals surface area contributed by atoms with E-state index in [0.29, 0.717) is 37.2 Å². The van der Waals surface area contributed by atoms with Crippen LogP contribution in [0.5, 0.6) is 0 Å². The number of carbonyl (C=O) groups is 2. The molecule has 0 aromatic rings. The van der Waals surface area contributed by atoms with Gasteiger partial charge in [-0.25, -0.2) is 4.79 Å². The lowest BCUT2D eigenvalue weighted by molar-refractivity contribution is -0.149. The number of hydrogen-bond donors (Lipinski definition) is 2. The zero-order valence-electron chi connectivity index (χ0n) is 15.5. The van der Waals surface area contributed by atoms with E-state index < -0.39 is 17.9 Å². The van der Waals surface area contributed by atoms with Crippen LogP contribution in [0.25, 0.3) is 0 Å². The molecule has 0 saturated carbocycles. The van der Waals surface area contributed by atoms with E-state index in [1.54, 1.807) is 6.08 Å². The molecule has 0 aromatic heterocycles. The number of rotatable bonds is 2. The van der Waals surface area contributed by atoms with Gasteiger partial charge in [0.15, 0.2) is 0 Å². The SMILES string of the molecule is C/C1=C/CC/C(C(=O)O)=C\CC[C@H](C(=O)O)[C@@H]2C[C@@H](CC1)C(C)(C)O2. The molecule has 0 unspecified atom stereocenters. The Morgan fingerprint density at radius 3 is 2.48 bits per heavy atom. The Labute approximate surface area is 149 Å². The fraction of sp³-hybridized carbons (Fsp3) is 0.700. The van der Waals surface area contributed by atoms with Crippen LogP contribution < -0.4 is 0 Å². The lowest BCUT2D eigenvalue weighted by Gasteiger charge is -2.27. The smallest absolute Gasteiger partial charge is 0.331 e. The molecular weight excluding hydrogens is 320 g/mol. The minimum Gasteiger partial charge on any atom is -0.481 e. The van der Waals surface area contributed by atoms with E-state index >= 15 is 0 Å². The summed E-state index contributed by atoms with van der Waals surface area (Å²) in [4.78, 5) is 23.1. The number of aliphatic carboxylic acids is 2. The number of ether oxygens (including phenoxy) is 1. The Bertz CT molecular complexity index is 573. The quantitative estimate of drug-likeness (QED) is 0.730. The molecule has 2 bridgehead atoms. The molecule has 140 valence electrons. The highest BCUT2D eigenvalue weighted by Crippen LogP contribution is 2.42. The average molecular weight is 350 g/mol. The van der Waals surface area contributed by atoms with Crippen molar-refractivity contribution < 1.29 is 24.5 Å². The molecule has 0 aromatic carbocycles. The van der Waals surface area contributed by atoms with Crippen molar-refractivity contribution in [1.82, 2.24) is 0 Å². The van der Waals surface area contributed by atoms with Crippen molar-refractivity contribution in [2.45, 2.75) is 77.4 Å². The van der Waals surface area contributed by atoms with Crippen LogP contribution in [0.4, 0.5) is 0 Å². The molecule has 25 heavy (non-hydrogen) atoms. The maximum Gasteiger partial charge on any atom is 0.331 e. The summed E-state index contributed by atoms with van der Waals surface area (Å²) in [5.41, 5.74) is 1.31. The third-order valence-electron chi connectivity index (χ3n) is 5.66. The average Bonchev–Trinajstić information content (AvgIpc) is 2.80. The maximum absolute atomic E-state index is 11.7. The maximum atomic E-state index is 11.7. The molecular formula is C20H30O5. The second-order valence-corrected chi connectivity index (χ2v) is 7.88. The molecule has 1 aliphatic carbocycles. The largest absolute Gasteiger partial charge is 0.481 e. The first kappa shape index (κ1) is 19.7. The molecule has 3 atom stereocenters. The van der Waals surface area contributed by atoms with E-state index in [1.165, 1.54) is 5.57 Å². The fourth-order valence-corrected chi connectivity index (χ4v) is 3.99. The monoisotopic (exact) mass is 350 g/mol. The molecule has 2 N–H and O–H groups in total. The van der Waals surface area contributed by atoms with Gasteiger partial charge in [-0.05, 0) is 71.6 Å². The summed E-state index contributed by atoms with van der Waals surface area (Å²) in [5, 5.41) is 19.0. The van der Waals surface area contributed by atoms with Gasteiger partial charge in [0.1, 0.15) is 0 Å². The highest BCUT2D eigenvalue weighted by atomic mass is 16.5. The lowest BCUT2D eigenvalue weighted by atomic mass is 9.82. The number of carboxylic acid groups (broad SMARTS) is 2. The molecule has 2 rings (SSSR count). The zero-order valence-corrected chi connectivity index (χ0v) is 15.5. The van der Waals surface area contributed by atoms with E-state index in [0.717, 1.165) is 19.3 Å². The first-order chi connectivity index (χ1) is 11.7. The first-order valence-electron chi connectivity index (χ1n) is 9.19. The number of carboxylic acids is 2. The predicted molar refractivity (Wildman–Crippen MR) is 95.4 cm³/mol. The van der Waals surface area contributed by atoms with Crippen molar-refractivity contribution in [2.75, 3.05) is 0 Å². The van der Waals surface area contributed by atoms with Gasteiger partial charge in [-0.3, -0.25) is 4.79 Å². The topological polar surface area (TPSA) is 83.8 Å². The van der Waals surface area contributed by atoms with Crippen molar-refractivity contribution in [3.63, 3.8) is 0 Å². The van der Waals surface area contributed by atoms with E-state index in [9.17, 15) is 19.8 Å². The molecule has 5 nitrogen and oxygen atoms in total. The van der Waals surface area contributed by atoms with Gasteiger partial charge in [-0.15, -0.1) is 0 Å². The highest BCUT2D eigenvalue weighted by molar-refractivity contribution is 5.86. The summed E-state index contributed by atoms with van der Waals surface area (Å²) in [6.07, 6.45) is 8.24. The van der Waals surface area contributed by atoms with Crippen LogP contribution in [0.2, 0.25) is 0 Å². The normalized spacial score (nSPS) is 34.9. The molecule has 1 fully saturated rings. The van der Waals surface area contributed by atoms with Crippen LogP contribution in [0, 0.1) is 11.8 Å². The van der Waals surface area contributed by atoms with E-state index in [-0.39, 0.29) is 11.7 Å². The van der Waals surface area contributed by atoms with Gasteiger partial charge < -0.3 is 14.9 Å². The molecule has 1 heterocycles. The molecule has 5 heteroatoms. The van der Waals surface area contributed by atoms with Crippen LogP contribution >= 0.6 is 0 Å². The molecule has 1 aliphatic heterocycles. The zero-order chi connectivity index (χ0) is 18.6. The minimum atomic E-state index is -0.914. The summed E-state index contributed by atoms with van der Waals surface area (Å²) in [6.45, 7) is 6.18. The second kappa shape index (κ2) is 8.17. The number of allylic oxidation sites excluding steroid dienone is 3. The summed E-state index contributed by atoms with van der Waals surface area (Å²) in [7, 11) is 0. The van der Waals surface area contributed by atoms with E-state index in [4.69, 9.17) is 4.74 Å². The van der Waals surface area contributed by atoms with Crippen molar-refractivity contribution >= 4 is 11.9 Å². The summed E-state index contributed by atoms with van der Waals surface area (Å²) < 4.78 is 6.13. The summed E-state index contributed by atoms with van der Waals surface area (Å²) in [6, 6.07) is 0. The van der Waals surface area contributed by atoms with Crippen LogP contribution in [0.15, 0.2) is 23.3 Å². The van der Waals surface area contributed by atoms with Gasteiger partial charge in [0.2, 0.25) is 0 Å². The Balaban J connectivity index is 2.24. The van der Waals surface area contributed by atoms with Crippen LogP contribution in [0.3, 0.4) is 0 Å². The molecule has 1 saturated heterocycles. The third kappa shape index (κ3) is 5.18. The Hall–Kier alpha value is -1.62. The Morgan fingerprint density at radius 1 is 1.12 bits per heavy atom. The van der Waals surface area contributed by atoms with Gasteiger partial charge in [-0.2, -0.15) is 0 Å². The van der Waals surface area contributed by atoms with Crippen molar-refractivity contribution in [2.24, 2.45) is 11.8 Å². The number of fused-ring (bicyclic) bond motifs is 2. The lowest BCUT2D eigenvalue weighted by Crippen LogP contribution is -2.31. The first-order valence-corrected chi connectivity index (χ1v) is 9.19. The second-order valence-electron chi connectivity index (χ2n) is 7.88. The molecule has 0 amide bonds. The molecule has 0 radical (unpaired) electrons. The van der Waals surface area contributed by atoms with Gasteiger partial charge in [0.05, 0.1) is 17.6 Å². The summed E-state index contributed by atoms with van der Waals surface area (Å²) >= 11 is 0. The Kier molecular flexibility index (Phi) is 6.44. The van der Waals surface area contributed by atoms with Crippen molar-refractivity contribution in [3.8, 4) is 0 Å². The highest BCUT2D eigenvalue weighted by Gasteiger charge is 2.45. The van der Waals surface area contributed by atoms with Crippen molar-refractivity contribution in [3.05, 3.63) is 23.3 Å². The Morgan fingerprint density at radius 2 is 1.84 bits per heavy atom. The van der Waals surface area contributed by atoms with E-state index in [2.05, 4.69) is 26.8 Å². The van der Waals surface area contributed by atoms with Crippen LogP contribution in [0.1, 0.15) is 65.7 Å². The van der Waals surface area contributed by atoms with Gasteiger partial charge >= 0.3 is 11.9 Å². The third-order valence-corrected chi connectivity index (χ3v) is 5.66. The standard InChI is InChI=1S/C20H30O5/c1-13-6-4-7-14(18(21)22)8-5-9-16(19(23)24)17-12-15(11-10-13)20(2,3)25-17/h6,8,15-17H,4-5,7,9-12H2,1-3H3,(H,21,22)(H,23,24)/b13-6-,14-8+/t15-,16+,17+/m1/s1. The van der Waals surface area contributed by atoms with Gasteiger partial charge in [-0.1, -0.05) is 17.7 Å². The van der Waals surface area contributed by atoms with E-state index in [1.807, 2.05) is 0 Å². The van der Waals surface area contributed by atoms with Gasteiger partial charge in [0.25, 0.3) is 0 Å². The molecule has 2 aliphatic rings. The van der Waals surface area contributed by atoms with Crippen molar-refractivity contribution in [1.29, 1.82) is 0 Å². The summed E-state index contributed by atoms with van der Waals surface area (Å²) in [5.74, 6) is -2.01. The van der Waals surface area contributed by atoms with Crippen LogP contribution in [-0.4, -0.2) is 33.9 Å². The molecule has 0 spiro atoms. The van der Waals surface area contributed by atoms with Gasteiger partial charge in [0, 0.05) is 5.57 Å². The number of hydrogen-bond acceptors (Lipinski definition) is 3. The predicted octanol–water partition coefficient (Wildman–Crippen LogP) is 4.18. The minimum absolute atomic E-state index is 0.300. The fourth-order valence-electron chi connectivity index (χ4n) is 3.99.